The first-order chi connectivity index (χ1) is 12.1. The number of hydrogen-bond acceptors (Lipinski definition) is 7. The number of non-ortho nitro benzene ring substituents is 1. The van der Waals surface area contributed by atoms with Crippen LogP contribution in [0.1, 0.15) is 5.56 Å². The van der Waals surface area contributed by atoms with Crippen molar-refractivity contribution in [1.82, 2.24) is 0 Å². The monoisotopic (exact) mass is 381 g/mol. The van der Waals surface area contributed by atoms with E-state index in [-0.39, 0.29) is 4.92 Å². The van der Waals surface area contributed by atoms with Crippen LogP contribution in [0, 0.1) is 25.1 Å². The molecule has 2 aromatic carbocycles. The molecule has 0 saturated heterocycles. The highest BCUT2D eigenvalue weighted by atomic mass is 32.3. The van der Waals surface area contributed by atoms with Crippen molar-refractivity contribution in [1.29, 1.82) is 0 Å². The van der Waals surface area contributed by atoms with Gasteiger partial charge in [0.05, 0.1) is 32.6 Å². The first-order valence-electron chi connectivity index (χ1n) is 7.16. The lowest BCUT2D eigenvalue weighted by molar-refractivity contribution is -0.698. The van der Waals surface area contributed by atoms with Crippen LogP contribution in [0.4, 0.5) is 17.1 Å². The van der Waals surface area contributed by atoms with Gasteiger partial charge in [-0.05, 0) is 15.9 Å². The number of nitrogens with zero attached hydrogens (tertiary/aromatic N) is 3. The van der Waals surface area contributed by atoms with Crippen LogP contribution in [0.15, 0.2) is 42.5 Å². The van der Waals surface area contributed by atoms with Gasteiger partial charge in [-0.3, -0.25) is 20.2 Å². The van der Waals surface area contributed by atoms with E-state index < -0.39 is 43.0 Å². The van der Waals surface area contributed by atoms with Gasteiger partial charge in [0, 0.05) is 18.3 Å². The van der Waals surface area contributed by atoms with E-state index in [4.69, 9.17) is 4.28 Å². The predicted octanol–water partition coefficient (Wildman–Crippen LogP) is 3.10. The van der Waals surface area contributed by atoms with Gasteiger partial charge in [-0.2, -0.15) is 4.28 Å². The summed E-state index contributed by atoms with van der Waals surface area (Å²) in [5.41, 5.74) is -1.71. The fourth-order valence-electron chi connectivity index (χ4n) is 2.19. The van der Waals surface area contributed by atoms with Crippen LogP contribution in [-0.2, 0) is 10.0 Å². The van der Waals surface area contributed by atoms with Crippen molar-refractivity contribution in [2.75, 3.05) is 12.5 Å². The summed E-state index contributed by atoms with van der Waals surface area (Å²) in [6, 6.07) is 10.3. The van der Waals surface area contributed by atoms with Gasteiger partial charge in [-0.1, -0.05) is 30.3 Å². The van der Waals surface area contributed by atoms with Crippen LogP contribution in [0.2, 0.25) is 0 Å². The molecule has 0 atom stereocenters. The van der Waals surface area contributed by atoms with Crippen molar-refractivity contribution in [3.63, 3.8) is 0 Å². The summed E-state index contributed by atoms with van der Waals surface area (Å²) in [4.78, 5) is 32.0. The molecule has 10 nitrogen and oxygen atoms in total. The number of rotatable bonds is 7. The molecule has 26 heavy (non-hydrogen) atoms. The Labute approximate surface area is 149 Å². The Morgan fingerprint density at radius 3 is 2.08 bits per heavy atom. The zero-order valence-corrected chi connectivity index (χ0v) is 14.7. The minimum absolute atomic E-state index is 0.166. The van der Waals surface area contributed by atoms with E-state index in [0.29, 0.717) is 17.9 Å². The van der Waals surface area contributed by atoms with Crippen LogP contribution in [-0.4, -0.2) is 27.3 Å². The van der Waals surface area contributed by atoms with Crippen molar-refractivity contribution in [3.8, 4) is 5.75 Å². The fourth-order valence-corrected chi connectivity index (χ4v) is 3.68. The average molecular weight is 381 g/mol. The molecule has 0 heterocycles. The molecule has 0 N–H and O–H groups in total. The zero-order chi connectivity index (χ0) is 19.5. The standard InChI is InChI=1S/C15H15N3O7S/c1-26(2,10-11-6-4-3-5-7-11)25-18(24)14-9-12(16(20)21)8-13(15(14)19)17(22)23/h3-9H,10H2,1-2H3. The third-order valence-electron chi connectivity index (χ3n) is 3.27. The average Bonchev–Trinajstić information content (AvgIpc) is 2.54. The van der Waals surface area contributed by atoms with Crippen molar-refractivity contribution < 1.29 is 24.2 Å². The maximum absolute atomic E-state index is 12.3. The van der Waals surface area contributed by atoms with Gasteiger partial charge in [0.15, 0.2) is 0 Å². The number of nitro groups is 2. The highest BCUT2D eigenvalue weighted by Gasteiger charge is 2.33. The van der Waals surface area contributed by atoms with Gasteiger partial charge < -0.3 is 5.11 Å². The summed E-state index contributed by atoms with van der Waals surface area (Å²) in [7, 11) is -2.03. The van der Waals surface area contributed by atoms with Gasteiger partial charge in [0.1, 0.15) is 0 Å². The molecule has 0 radical (unpaired) electrons. The van der Waals surface area contributed by atoms with E-state index in [1.807, 2.05) is 30.3 Å². The third kappa shape index (κ3) is 4.45. The minimum atomic E-state index is -2.03. The lowest BCUT2D eigenvalue weighted by Crippen LogP contribution is -2.13. The van der Waals surface area contributed by atoms with E-state index in [1.165, 1.54) is 0 Å². The third-order valence-corrected chi connectivity index (χ3v) is 4.83. The van der Waals surface area contributed by atoms with Crippen LogP contribution < -0.4 is 5.11 Å². The van der Waals surface area contributed by atoms with Gasteiger partial charge in [0.2, 0.25) is 0 Å². The quantitative estimate of drug-likeness (QED) is 0.530. The minimum Gasteiger partial charge on any atom is -0.863 e. The highest BCUT2D eigenvalue weighted by Crippen LogP contribution is 2.47. The second kappa shape index (κ2) is 7.35. The zero-order valence-electron chi connectivity index (χ0n) is 13.9. The lowest BCUT2D eigenvalue weighted by atomic mass is 10.2. The molecule has 138 valence electrons. The molecule has 0 fully saturated rings. The van der Waals surface area contributed by atoms with Gasteiger partial charge >= 0.3 is 5.69 Å². The number of nitro benzene ring substituents is 2. The lowest BCUT2D eigenvalue weighted by Gasteiger charge is -2.23. The Kier molecular flexibility index (Phi) is 5.41. The maximum Gasteiger partial charge on any atom is 0.323 e. The topological polar surface area (TPSA) is 139 Å². The number of hydrogen-bond donors (Lipinski definition) is 0. The Hall–Kier alpha value is -3.21. The SMILES string of the molecule is CS(C)(Cc1ccccc1)O[N+](=O)c1cc([N+](=O)[O-])cc([N+](=O)[O-])c1[O-]. The predicted molar refractivity (Wildman–Crippen MR) is 93.2 cm³/mol. The van der Waals surface area contributed by atoms with Gasteiger partial charge in [0.25, 0.3) is 16.3 Å². The summed E-state index contributed by atoms with van der Waals surface area (Å²) in [5, 5.41) is 33.9. The van der Waals surface area contributed by atoms with Crippen LogP contribution in [0.5, 0.6) is 5.75 Å². The van der Waals surface area contributed by atoms with E-state index in [1.54, 1.807) is 12.5 Å². The molecule has 0 amide bonds. The van der Waals surface area contributed by atoms with Crippen LogP contribution in [0.3, 0.4) is 0 Å². The normalized spacial score (nSPS) is 11.6. The molecule has 0 bridgehead atoms. The number of benzene rings is 2. The molecule has 2 rings (SSSR count). The highest BCUT2D eigenvalue weighted by molar-refractivity contribution is 8.28. The molecule has 0 saturated carbocycles. The van der Waals surface area contributed by atoms with Crippen LogP contribution >= 0.6 is 10.3 Å². The van der Waals surface area contributed by atoms with Crippen molar-refractivity contribution in [3.05, 3.63) is 73.2 Å². The maximum atomic E-state index is 12.3. The first-order valence-corrected chi connectivity index (χ1v) is 9.70. The van der Waals surface area contributed by atoms with E-state index >= 15 is 0 Å². The van der Waals surface area contributed by atoms with Crippen LogP contribution in [0.25, 0.3) is 0 Å². The summed E-state index contributed by atoms with van der Waals surface area (Å²) in [6.45, 7) is 0. The van der Waals surface area contributed by atoms with Gasteiger partial charge in [-0.15, -0.1) is 0 Å². The molecule has 2 aromatic rings. The first kappa shape index (κ1) is 19.1. The van der Waals surface area contributed by atoms with Gasteiger partial charge in [-0.25, -0.2) is 0 Å². The van der Waals surface area contributed by atoms with Crippen molar-refractivity contribution in [2.45, 2.75) is 5.75 Å². The largest absolute Gasteiger partial charge is 0.863 e. The Morgan fingerprint density at radius 1 is 0.962 bits per heavy atom. The Bertz CT molecular complexity index is 871. The Morgan fingerprint density at radius 2 is 1.54 bits per heavy atom. The smallest absolute Gasteiger partial charge is 0.323 e. The molecule has 0 aliphatic heterocycles. The Balaban J connectivity index is 2.33. The molecule has 0 aliphatic carbocycles. The fraction of sp³-hybridized carbons (Fsp3) is 0.200. The summed E-state index contributed by atoms with van der Waals surface area (Å²) in [5.74, 6) is -0.858. The van der Waals surface area contributed by atoms with Crippen molar-refractivity contribution in [2.24, 2.45) is 0 Å². The molecular weight excluding hydrogens is 366 g/mol. The second-order valence-electron chi connectivity index (χ2n) is 5.73. The second-order valence-corrected chi connectivity index (χ2v) is 9.04. The van der Waals surface area contributed by atoms with E-state index in [0.717, 1.165) is 5.56 Å². The summed E-state index contributed by atoms with van der Waals surface area (Å²) >= 11 is 0. The van der Waals surface area contributed by atoms with E-state index in [2.05, 4.69) is 0 Å². The summed E-state index contributed by atoms with van der Waals surface area (Å²) < 4.78 is 5.29. The molecule has 0 aliphatic rings. The summed E-state index contributed by atoms with van der Waals surface area (Å²) in [6.07, 6.45) is 3.34. The molecule has 0 unspecified atom stereocenters. The molecule has 11 heteroatoms. The molecule has 0 aromatic heterocycles. The van der Waals surface area contributed by atoms with E-state index in [9.17, 15) is 30.2 Å². The van der Waals surface area contributed by atoms with Crippen molar-refractivity contribution >= 4 is 27.4 Å². The molecular formula is C15H15N3O7S. The molecule has 0 spiro atoms.